The van der Waals surface area contributed by atoms with E-state index in [1.54, 1.807) is 30.3 Å². The van der Waals surface area contributed by atoms with Gasteiger partial charge in [0, 0.05) is 0 Å². The fraction of sp³-hybridized carbons (Fsp3) is 0.0625. The highest BCUT2D eigenvalue weighted by molar-refractivity contribution is 5.90. The monoisotopic (exact) mass is 284 g/mol. The van der Waals surface area contributed by atoms with Crippen LogP contribution < -0.4 is 10.2 Å². The van der Waals surface area contributed by atoms with Gasteiger partial charge in [-0.1, -0.05) is 30.3 Å². The number of hydrogen-bond acceptors (Lipinski definition) is 5. The molecule has 0 aliphatic rings. The van der Waals surface area contributed by atoms with Crippen LogP contribution in [0.25, 0.3) is 22.1 Å². The average Bonchev–Trinajstić information content (AvgIpc) is 2.48. The van der Waals surface area contributed by atoms with Crippen LogP contribution in [0.4, 0.5) is 0 Å². The molecule has 0 aliphatic heterocycles. The van der Waals surface area contributed by atoms with Gasteiger partial charge in [-0.05, 0) is 17.7 Å². The van der Waals surface area contributed by atoms with Crippen molar-refractivity contribution in [2.75, 3.05) is 7.11 Å². The molecule has 0 spiro atoms. The third-order valence-electron chi connectivity index (χ3n) is 3.26. The molecule has 0 unspecified atom stereocenters. The summed E-state index contributed by atoms with van der Waals surface area (Å²) in [7, 11) is 1.39. The number of ether oxygens (including phenoxy) is 1. The molecule has 3 rings (SSSR count). The largest absolute Gasteiger partial charge is 0.504 e. The third kappa shape index (κ3) is 1.99. The number of aromatic hydroxyl groups is 2. The van der Waals surface area contributed by atoms with Crippen LogP contribution in [0.3, 0.4) is 0 Å². The first-order valence-electron chi connectivity index (χ1n) is 6.24. The standard InChI is InChI=1S/C16H12O5/c1-20-11-8-7-10-13(14(11)17)15(18)12(16(19)21-10)9-5-3-2-4-6-9/h2-8,17,19H,1H3. The van der Waals surface area contributed by atoms with E-state index in [-0.39, 0.29) is 28.0 Å². The van der Waals surface area contributed by atoms with Crippen LogP contribution in [-0.4, -0.2) is 17.3 Å². The van der Waals surface area contributed by atoms with Gasteiger partial charge in [0.05, 0.1) is 7.11 Å². The number of phenolic OH excluding ortho intramolecular Hbond substituents is 1. The maximum absolute atomic E-state index is 12.6. The summed E-state index contributed by atoms with van der Waals surface area (Å²) in [5.74, 6) is -0.622. The van der Waals surface area contributed by atoms with Crippen molar-refractivity contribution in [3.8, 4) is 28.6 Å². The fourth-order valence-corrected chi connectivity index (χ4v) is 2.26. The lowest BCUT2D eigenvalue weighted by Gasteiger charge is -2.08. The maximum atomic E-state index is 12.6. The first kappa shape index (κ1) is 13.1. The lowest BCUT2D eigenvalue weighted by Crippen LogP contribution is -2.06. The molecular formula is C16H12O5. The summed E-state index contributed by atoms with van der Waals surface area (Å²) in [4.78, 5) is 12.6. The van der Waals surface area contributed by atoms with Crippen LogP contribution in [0.1, 0.15) is 0 Å². The Labute approximate surface area is 119 Å². The van der Waals surface area contributed by atoms with Gasteiger partial charge in [-0.2, -0.15) is 0 Å². The summed E-state index contributed by atoms with van der Waals surface area (Å²) in [5.41, 5.74) is 0.0892. The molecule has 5 nitrogen and oxygen atoms in total. The normalized spacial score (nSPS) is 10.7. The van der Waals surface area contributed by atoms with E-state index >= 15 is 0 Å². The van der Waals surface area contributed by atoms with Gasteiger partial charge >= 0.3 is 0 Å². The van der Waals surface area contributed by atoms with Crippen molar-refractivity contribution in [2.45, 2.75) is 0 Å². The molecule has 1 aromatic heterocycles. The van der Waals surface area contributed by atoms with Crippen molar-refractivity contribution in [2.24, 2.45) is 0 Å². The van der Waals surface area contributed by atoms with E-state index in [1.165, 1.54) is 19.2 Å². The molecule has 3 aromatic rings. The van der Waals surface area contributed by atoms with Crippen molar-refractivity contribution in [1.82, 2.24) is 0 Å². The zero-order chi connectivity index (χ0) is 15.0. The highest BCUT2D eigenvalue weighted by atomic mass is 16.5. The zero-order valence-electron chi connectivity index (χ0n) is 11.2. The molecule has 0 radical (unpaired) electrons. The fourth-order valence-electron chi connectivity index (χ4n) is 2.26. The summed E-state index contributed by atoms with van der Waals surface area (Å²) in [6.07, 6.45) is 0. The molecule has 5 heteroatoms. The lowest BCUT2D eigenvalue weighted by atomic mass is 10.0. The van der Waals surface area contributed by atoms with Crippen LogP contribution in [-0.2, 0) is 0 Å². The minimum Gasteiger partial charge on any atom is -0.504 e. The Morgan fingerprint density at radius 1 is 1.05 bits per heavy atom. The minimum atomic E-state index is -0.517. The maximum Gasteiger partial charge on any atom is 0.294 e. The highest BCUT2D eigenvalue weighted by Crippen LogP contribution is 2.36. The summed E-state index contributed by atoms with van der Waals surface area (Å²) in [6, 6.07) is 11.5. The Morgan fingerprint density at radius 3 is 2.43 bits per heavy atom. The van der Waals surface area contributed by atoms with Gasteiger partial charge in [-0.15, -0.1) is 0 Å². The molecule has 0 bridgehead atoms. The van der Waals surface area contributed by atoms with Gasteiger partial charge in [0.1, 0.15) is 16.5 Å². The Bertz CT molecular complexity index is 865. The molecule has 0 saturated heterocycles. The average molecular weight is 284 g/mol. The molecule has 106 valence electrons. The van der Waals surface area contributed by atoms with Crippen LogP contribution in [0.5, 0.6) is 17.4 Å². The smallest absolute Gasteiger partial charge is 0.294 e. The Morgan fingerprint density at radius 2 is 1.76 bits per heavy atom. The molecule has 1 heterocycles. The van der Waals surface area contributed by atoms with Crippen molar-refractivity contribution in [3.05, 3.63) is 52.7 Å². The van der Waals surface area contributed by atoms with E-state index in [2.05, 4.69) is 0 Å². The SMILES string of the molecule is COc1ccc2oc(O)c(-c3ccccc3)c(=O)c2c1O. The third-order valence-corrected chi connectivity index (χ3v) is 3.26. The first-order valence-corrected chi connectivity index (χ1v) is 6.24. The second-order valence-electron chi connectivity index (χ2n) is 4.47. The van der Waals surface area contributed by atoms with E-state index in [0.29, 0.717) is 5.56 Å². The molecule has 2 aromatic carbocycles. The van der Waals surface area contributed by atoms with Gasteiger partial charge in [0.25, 0.3) is 5.95 Å². The van der Waals surface area contributed by atoms with Crippen LogP contribution >= 0.6 is 0 Å². The number of hydrogen-bond donors (Lipinski definition) is 2. The van der Waals surface area contributed by atoms with Gasteiger partial charge in [0.2, 0.25) is 5.43 Å². The number of methoxy groups -OCH3 is 1. The summed E-state index contributed by atoms with van der Waals surface area (Å²) in [6.45, 7) is 0. The topological polar surface area (TPSA) is 79.9 Å². The van der Waals surface area contributed by atoms with Crippen LogP contribution in [0.15, 0.2) is 51.7 Å². The van der Waals surface area contributed by atoms with E-state index in [0.717, 1.165) is 0 Å². The first-order chi connectivity index (χ1) is 10.1. The molecule has 2 N–H and O–H groups in total. The van der Waals surface area contributed by atoms with E-state index in [1.807, 2.05) is 0 Å². The summed E-state index contributed by atoms with van der Waals surface area (Å²) in [5, 5.41) is 20.1. The Hall–Kier alpha value is -2.95. The molecule has 0 amide bonds. The number of benzene rings is 2. The quantitative estimate of drug-likeness (QED) is 0.756. The molecule has 0 atom stereocenters. The zero-order valence-corrected chi connectivity index (χ0v) is 11.2. The molecular weight excluding hydrogens is 272 g/mol. The van der Waals surface area contributed by atoms with Gasteiger partial charge in [-0.25, -0.2) is 0 Å². The number of phenols is 1. The highest BCUT2D eigenvalue weighted by Gasteiger charge is 2.19. The molecule has 0 fully saturated rings. The lowest BCUT2D eigenvalue weighted by molar-refractivity contribution is 0.340. The van der Waals surface area contributed by atoms with Gasteiger partial charge in [-0.3, -0.25) is 4.79 Å². The van der Waals surface area contributed by atoms with Crippen LogP contribution in [0, 0.1) is 0 Å². The van der Waals surface area contributed by atoms with Gasteiger partial charge < -0.3 is 19.4 Å². The van der Waals surface area contributed by atoms with E-state index < -0.39 is 11.4 Å². The Kier molecular flexibility index (Phi) is 3.02. The number of fused-ring (bicyclic) bond motifs is 1. The van der Waals surface area contributed by atoms with E-state index in [4.69, 9.17) is 9.15 Å². The summed E-state index contributed by atoms with van der Waals surface area (Å²) >= 11 is 0. The van der Waals surface area contributed by atoms with Crippen molar-refractivity contribution in [3.63, 3.8) is 0 Å². The molecule has 0 saturated carbocycles. The number of rotatable bonds is 2. The van der Waals surface area contributed by atoms with Crippen molar-refractivity contribution in [1.29, 1.82) is 0 Å². The molecule has 0 aliphatic carbocycles. The van der Waals surface area contributed by atoms with E-state index in [9.17, 15) is 15.0 Å². The minimum absolute atomic E-state index is 0.00616. The van der Waals surface area contributed by atoms with Gasteiger partial charge in [0.15, 0.2) is 11.5 Å². The second kappa shape index (κ2) is 4.86. The predicted octanol–water partition coefficient (Wildman–Crippen LogP) is 2.88. The summed E-state index contributed by atoms with van der Waals surface area (Å²) < 4.78 is 10.2. The Balaban J connectivity index is 2.43. The van der Waals surface area contributed by atoms with Crippen LogP contribution in [0.2, 0.25) is 0 Å². The molecule has 21 heavy (non-hydrogen) atoms. The van der Waals surface area contributed by atoms with Crippen molar-refractivity contribution >= 4 is 11.0 Å². The predicted molar refractivity (Wildman–Crippen MR) is 77.8 cm³/mol. The van der Waals surface area contributed by atoms with Crippen molar-refractivity contribution < 1.29 is 19.4 Å². The second-order valence-corrected chi connectivity index (χ2v) is 4.47.